The topological polar surface area (TPSA) is 96.9 Å². The number of benzene rings is 2. The van der Waals surface area contributed by atoms with Crippen molar-refractivity contribution in [2.75, 3.05) is 24.5 Å². The highest BCUT2D eigenvalue weighted by Crippen LogP contribution is 2.37. The van der Waals surface area contributed by atoms with Gasteiger partial charge < -0.3 is 4.74 Å². The Hall–Kier alpha value is -2.66. The molecule has 1 aliphatic rings. The Balaban J connectivity index is 1.66. The standard InChI is InChI=1S/C25H28ClN3O5S2/c1-3-19-10-12-21(13-11-19)35(30,31)28-17-14-20(15-18-28)29(25-23(34-2)8-6-16-27-25)36(32,33)24-9-5-4-7-22(24)26/h4-13,16,20H,3,14-15,17-18H2,1-2H3. The first kappa shape index (κ1) is 26.4. The number of nitrogens with zero attached hydrogens (tertiary/aromatic N) is 3. The summed E-state index contributed by atoms with van der Waals surface area (Å²) in [5, 5.41) is 0.0907. The molecule has 8 nitrogen and oxygen atoms in total. The van der Waals surface area contributed by atoms with E-state index in [-0.39, 0.29) is 46.6 Å². The number of ether oxygens (including phenoxy) is 1. The second-order valence-electron chi connectivity index (χ2n) is 8.39. The highest BCUT2D eigenvalue weighted by molar-refractivity contribution is 7.93. The number of anilines is 1. The molecule has 36 heavy (non-hydrogen) atoms. The van der Waals surface area contributed by atoms with Crippen molar-refractivity contribution in [1.29, 1.82) is 0 Å². The van der Waals surface area contributed by atoms with E-state index in [1.807, 2.05) is 19.1 Å². The summed E-state index contributed by atoms with van der Waals surface area (Å²) in [4.78, 5) is 4.50. The summed E-state index contributed by atoms with van der Waals surface area (Å²) >= 11 is 6.28. The van der Waals surface area contributed by atoms with Gasteiger partial charge in [-0.05, 0) is 61.2 Å². The van der Waals surface area contributed by atoms with Gasteiger partial charge in [-0.2, -0.15) is 4.31 Å². The van der Waals surface area contributed by atoms with Gasteiger partial charge in [-0.25, -0.2) is 26.1 Å². The maximum Gasteiger partial charge on any atom is 0.267 e. The van der Waals surface area contributed by atoms with Crippen LogP contribution in [0.25, 0.3) is 0 Å². The van der Waals surface area contributed by atoms with Crippen LogP contribution in [0.15, 0.2) is 76.7 Å². The summed E-state index contributed by atoms with van der Waals surface area (Å²) in [6.07, 6.45) is 2.86. The van der Waals surface area contributed by atoms with Crippen LogP contribution < -0.4 is 9.04 Å². The van der Waals surface area contributed by atoms with Gasteiger partial charge >= 0.3 is 0 Å². The van der Waals surface area contributed by atoms with E-state index in [1.54, 1.807) is 36.4 Å². The molecule has 11 heteroatoms. The van der Waals surface area contributed by atoms with E-state index in [9.17, 15) is 16.8 Å². The van der Waals surface area contributed by atoms with E-state index in [4.69, 9.17) is 16.3 Å². The zero-order chi connectivity index (χ0) is 25.9. The van der Waals surface area contributed by atoms with E-state index in [0.29, 0.717) is 5.75 Å². The van der Waals surface area contributed by atoms with Gasteiger partial charge in [0.15, 0.2) is 11.6 Å². The molecule has 0 amide bonds. The van der Waals surface area contributed by atoms with E-state index in [2.05, 4.69) is 4.98 Å². The Morgan fingerprint density at radius 2 is 1.67 bits per heavy atom. The van der Waals surface area contributed by atoms with Crippen LogP contribution in [0.3, 0.4) is 0 Å². The van der Waals surface area contributed by atoms with E-state index >= 15 is 0 Å². The van der Waals surface area contributed by atoms with Gasteiger partial charge in [0.2, 0.25) is 10.0 Å². The largest absolute Gasteiger partial charge is 0.493 e. The number of hydrogen-bond donors (Lipinski definition) is 0. The molecule has 0 atom stereocenters. The van der Waals surface area contributed by atoms with Crippen LogP contribution in [-0.2, 0) is 26.5 Å². The molecule has 1 aliphatic heterocycles. The molecule has 0 spiro atoms. The number of sulfonamides is 2. The molecular formula is C25H28ClN3O5S2. The fourth-order valence-electron chi connectivity index (χ4n) is 4.31. The van der Waals surface area contributed by atoms with Crippen LogP contribution in [0.4, 0.5) is 5.82 Å². The minimum atomic E-state index is -4.14. The highest BCUT2D eigenvalue weighted by Gasteiger charge is 2.39. The van der Waals surface area contributed by atoms with Gasteiger partial charge in [-0.1, -0.05) is 42.8 Å². The Labute approximate surface area is 217 Å². The van der Waals surface area contributed by atoms with E-state index < -0.39 is 26.1 Å². The number of methoxy groups -OCH3 is 1. The van der Waals surface area contributed by atoms with Gasteiger partial charge in [0, 0.05) is 25.3 Å². The average Bonchev–Trinajstić information content (AvgIpc) is 2.89. The maximum atomic E-state index is 13.9. The number of piperidine rings is 1. The van der Waals surface area contributed by atoms with Gasteiger partial charge in [0.1, 0.15) is 4.90 Å². The molecule has 0 saturated carbocycles. The van der Waals surface area contributed by atoms with Crippen molar-refractivity contribution in [3.05, 3.63) is 77.4 Å². The minimum absolute atomic E-state index is 0.0505. The Bertz CT molecular complexity index is 1420. The molecule has 0 unspecified atom stereocenters. The van der Waals surface area contributed by atoms with Crippen molar-refractivity contribution in [1.82, 2.24) is 9.29 Å². The number of aromatic nitrogens is 1. The van der Waals surface area contributed by atoms with Crippen molar-refractivity contribution in [3.8, 4) is 5.75 Å². The third kappa shape index (κ3) is 5.08. The van der Waals surface area contributed by atoms with E-state index in [1.165, 1.54) is 34.0 Å². The summed E-state index contributed by atoms with van der Waals surface area (Å²) in [5.41, 5.74) is 1.05. The lowest BCUT2D eigenvalue weighted by molar-refractivity contribution is 0.319. The molecule has 192 valence electrons. The van der Waals surface area contributed by atoms with Crippen molar-refractivity contribution < 1.29 is 21.6 Å². The number of hydrogen-bond acceptors (Lipinski definition) is 6. The lowest BCUT2D eigenvalue weighted by Gasteiger charge is -2.38. The fraction of sp³-hybridized carbons (Fsp3) is 0.320. The average molecular weight is 550 g/mol. The zero-order valence-corrected chi connectivity index (χ0v) is 22.4. The van der Waals surface area contributed by atoms with Crippen LogP contribution in [0.2, 0.25) is 5.02 Å². The molecular weight excluding hydrogens is 522 g/mol. The molecule has 0 aliphatic carbocycles. The zero-order valence-electron chi connectivity index (χ0n) is 20.0. The molecule has 0 bridgehead atoms. The second-order valence-corrected chi connectivity index (χ2v) is 12.5. The lowest BCUT2D eigenvalue weighted by atomic mass is 10.1. The lowest BCUT2D eigenvalue weighted by Crippen LogP contribution is -2.49. The van der Waals surface area contributed by atoms with Crippen molar-refractivity contribution in [3.63, 3.8) is 0 Å². The SMILES string of the molecule is CCc1ccc(S(=O)(=O)N2CCC(N(c3ncccc3OC)S(=O)(=O)c3ccccc3Cl)CC2)cc1. The monoisotopic (exact) mass is 549 g/mol. The molecule has 1 aromatic heterocycles. The number of rotatable bonds is 8. The predicted molar refractivity (Wildman–Crippen MR) is 140 cm³/mol. The summed E-state index contributed by atoms with van der Waals surface area (Å²) in [6.45, 7) is 2.33. The van der Waals surface area contributed by atoms with Gasteiger partial charge in [0.05, 0.1) is 17.0 Å². The van der Waals surface area contributed by atoms with Crippen molar-refractivity contribution in [2.24, 2.45) is 0 Å². The van der Waals surface area contributed by atoms with Gasteiger partial charge in [-0.3, -0.25) is 0 Å². The Kier molecular flexibility index (Phi) is 7.89. The quantitative estimate of drug-likeness (QED) is 0.414. The number of pyridine rings is 1. The first-order valence-electron chi connectivity index (χ1n) is 11.6. The van der Waals surface area contributed by atoms with Crippen molar-refractivity contribution >= 4 is 37.5 Å². The molecule has 4 rings (SSSR count). The smallest absolute Gasteiger partial charge is 0.267 e. The summed E-state index contributed by atoms with van der Waals surface area (Å²) in [6, 6.07) is 15.8. The Morgan fingerprint density at radius 1 is 1.00 bits per heavy atom. The predicted octanol–water partition coefficient (Wildman–Crippen LogP) is 4.35. The van der Waals surface area contributed by atoms with Crippen molar-refractivity contribution in [2.45, 2.75) is 42.0 Å². The molecule has 2 aromatic carbocycles. The van der Waals surface area contributed by atoms with Crippen LogP contribution in [0.5, 0.6) is 5.75 Å². The first-order valence-corrected chi connectivity index (χ1v) is 14.8. The van der Waals surface area contributed by atoms with Gasteiger partial charge in [-0.15, -0.1) is 0 Å². The molecule has 1 fully saturated rings. The molecule has 1 saturated heterocycles. The normalized spacial score (nSPS) is 15.5. The van der Waals surface area contributed by atoms with Crippen LogP contribution in [0.1, 0.15) is 25.3 Å². The molecule has 3 aromatic rings. The minimum Gasteiger partial charge on any atom is -0.493 e. The third-order valence-corrected chi connectivity index (χ3v) is 10.5. The summed E-state index contributed by atoms with van der Waals surface area (Å²) in [5.74, 6) is 0.426. The van der Waals surface area contributed by atoms with Gasteiger partial charge in [0.25, 0.3) is 10.0 Å². The fourth-order valence-corrected chi connectivity index (χ4v) is 7.96. The summed E-state index contributed by atoms with van der Waals surface area (Å²) < 4.78 is 62.3. The third-order valence-electron chi connectivity index (χ3n) is 6.28. The van der Waals surface area contributed by atoms with Crippen LogP contribution in [0, 0.1) is 0 Å². The second kappa shape index (κ2) is 10.8. The number of aryl methyl sites for hydroxylation is 1. The molecule has 0 radical (unpaired) electrons. The number of halogens is 1. The first-order chi connectivity index (χ1) is 17.2. The van der Waals surface area contributed by atoms with E-state index in [0.717, 1.165) is 12.0 Å². The maximum absolute atomic E-state index is 13.9. The van der Waals surface area contributed by atoms with Crippen LogP contribution >= 0.6 is 11.6 Å². The Morgan fingerprint density at radius 3 is 2.28 bits per heavy atom. The molecule has 0 N–H and O–H groups in total. The van der Waals surface area contributed by atoms with Crippen LogP contribution in [-0.4, -0.2) is 52.4 Å². The highest BCUT2D eigenvalue weighted by atomic mass is 35.5. The summed E-state index contributed by atoms with van der Waals surface area (Å²) in [7, 11) is -6.40. The molecule has 2 heterocycles.